The maximum absolute atomic E-state index is 9.95. The largest absolute Gasteiger partial charge is 0.394 e. The first-order chi connectivity index (χ1) is 8.96. The zero-order chi connectivity index (χ0) is 14.0. The molecule has 2 nitrogen and oxygen atoms in total. The molecule has 19 heavy (non-hydrogen) atoms. The lowest BCUT2D eigenvalue weighted by atomic mass is 9.84. The van der Waals surface area contributed by atoms with Crippen LogP contribution in [0.15, 0.2) is 12.1 Å². The summed E-state index contributed by atoms with van der Waals surface area (Å²) in [4.78, 5) is 0. The van der Waals surface area contributed by atoms with Crippen LogP contribution in [0, 0.1) is 20.8 Å². The normalized spacial score (nSPS) is 19.6. The van der Waals surface area contributed by atoms with E-state index in [9.17, 15) is 5.11 Å². The molecular formula is C17H27NO. The van der Waals surface area contributed by atoms with Gasteiger partial charge in [-0.3, -0.25) is 0 Å². The van der Waals surface area contributed by atoms with Crippen molar-refractivity contribution in [1.29, 1.82) is 0 Å². The van der Waals surface area contributed by atoms with Crippen molar-refractivity contribution < 1.29 is 5.11 Å². The Bertz CT molecular complexity index is 426. The maximum atomic E-state index is 9.95. The molecule has 1 atom stereocenters. The predicted molar refractivity (Wildman–Crippen MR) is 80.5 cm³/mol. The molecule has 1 aliphatic rings. The average Bonchev–Trinajstić information content (AvgIpc) is 2.80. The van der Waals surface area contributed by atoms with E-state index < -0.39 is 0 Å². The zero-order valence-corrected chi connectivity index (χ0v) is 12.7. The van der Waals surface area contributed by atoms with Gasteiger partial charge in [-0.05, 0) is 57.2 Å². The number of hydrogen-bond acceptors (Lipinski definition) is 2. The van der Waals surface area contributed by atoms with Crippen LogP contribution in [0.1, 0.15) is 54.9 Å². The van der Waals surface area contributed by atoms with Crippen LogP contribution < -0.4 is 5.32 Å². The van der Waals surface area contributed by atoms with Gasteiger partial charge in [-0.15, -0.1) is 0 Å². The second-order valence-electron chi connectivity index (χ2n) is 6.39. The van der Waals surface area contributed by atoms with Crippen molar-refractivity contribution in [3.8, 4) is 0 Å². The van der Waals surface area contributed by atoms with Crippen LogP contribution in [0.25, 0.3) is 0 Å². The Balaban J connectivity index is 2.34. The van der Waals surface area contributed by atoms with E-state index in [1.165, 1.54) is 47.9 Å². The van der Waals surface area contributed by atoms with Crippen LogP contribution in [0.2, 0.25) is 0 Å². The smallest absolute Gasteiger partial charge is 0.0652 e. The highest BCUT2D eigenvalue weighted by Crippen LogP contribution is 2.31. The molecule has 1 saturated carbocycles. The molecule has 0 saturated heterocycles. The van der Waals surface area contributed by atoms with E-state index in [0.29, 0.717) is 6.04 Å². The summed E-state index contributed by atoms with van der Waals surface area (Å²) < 4.78 is 0. The minimum Gasteiger partial charge on any atom is -0.394 e. The molecule has 0 radical (unpaired) electrons. The van der Waals surface area contributed by atoms with Gasteiger partial charge >= 0.3 is 0 Å². The third-order valence-electron chi connectivity index (χ3n) is 4.42. The number of aliphatic hydroxyl groups is 1. The fraction of sp³-hybridized carbons (Fsp3) is 0.647. The lowest BCUT2D eigenvalue weighted by molar-refractivity contribution is 0.160. The number of rotatable bonds is 4. The quantitative estimate of drug-likeness (QED) is 0.871. The van der Waals surface area contributed by atoms with Crippen LogP contribution >= 0.6 is 0 Å². The minimum atomic E-state index is -0.323. The molecule has 0 aromatic heterocycles. The molecule has 106 valence electrons. The van der Waals surface area contributed by atoms with Crippen molar-refractivity contribution in [1.82, 2.24) is 5.32 Å². The fourth-order valence-corrected chi connectivity index (χ4v) is 3.77. The second kappa shape index (κ2) is 5.64. The van der Waals surface area contributed by atoms with Gasteiger partial charge in [-0.2, -0.15) is 0 Å². The molecule has 2 rings (SSSR count). The summed E-state index contributed by atoms with van der Waals surface area (Å²) in [6.45, 7) is 8.72. The van der Waals surface area contributed by atoms with Crippen molar-refractivity contribution in [3.05, 3.63) is 34.4 Å². The second-order valence-corrected chi connectivity index (χ2v) is 6.39. The van der Waals surface area contributed by atoms with Crippen molar-refractivity contribution in [2.45, 2.75) is 65.0 Å². The molecule has 1 fully saturated rings. The van der Waals surface area contributed by atoms with Crippen LogP contribution in [0.3, 0.4) is 0 Å². The van der Waals surface area contributed by atoms with Gasteiger partial charge in [0, 0.05) is 6.04 Å². The van der Waals surface area contributed by atoms with E-state index in [1.807, 2.05) is 0 Å². The van der Waals surface area contributed by atoms with Gasteiger partial charge in [0.2, 0.25) is 0 Å². The highest BCUT2D eigenvalue weighted by atomic mass is 16.3. The highest BCUT2D eigenvalue weighted by molar-refractivity contribution is 5.42. The first-order valence-corrected chi connectivity index (χ1v) is 7.43. The Morgan fingerprint density at radius 2 is 1.68 bits per heavy atom. The Kier molecular flexibility index (Phi) is 4.32. The minimum absolute atomic E-state index is 0.147. The van der Waals surface area contributed by atoms with Crippen molar-refractivity contribution >= 4 is 0 Å². The Morgan fingerprint density at radius 3 is 2.16 bits per heavy atom. The van der Waals surface area contributed by atoms with E-state index in [0.717, 1.165) is 0 Å². The van der Waals surface area contributed by atoms with Gasteiger partial charge in [-0.1, -0.05) is 30.5 Å². The Hall–Kier alpha value is -0.860. The number of aryl methyl sites for hydroxylation is 3. The van der Waals surface area contributed by atoms with Gasteiger partial charge in [0.1, 0.15) is 0 Å². The summed E-state index contributed by atoms with van der Waals surface area (Å²) in [6, 6.07) is 4.98. The van der Waals surface area contributed by atoms with E-state index in [2.05, 4.69) is 45.1 Å². The van der Waals surface area contributed by atoms with Crippen LogP contribution in [-0.4, -0.2) is 17.8 Å². The lowest BCUT2D eigenvalue weighted by Crippen LogP contribution is -2.48. The highest BCUT2D eigenvalue weighted by Gasteiger charge is 2.32. The van der Waals surface area contributed by atoms with Crippen molar-refractivity contribution in [2.24, 2.45) is 0 Å². The standard InChI is InChI=1S/C17H27NO/c1-12-9-13(2)16(14(3)10-12)17(4,11-19)18-15-7-5-6-8-15/h9-10,15,18-19H,5-8,11H2,1-4H3. The molecule has 2 N–H and O–H groups in total. The summed E-state index contributed by atoms with van der Waals surface area (Å²) in [6.07, 6.45) is 5.09. The number of aliphatic hydroxyl groups excluding tert-OH is 1. The molecule has 1 unspecified atom stereocenters. The monoisotopic (exact) mass is 261 g/mol. The number of benzene rings is 1. The first-order valence-electron chi connectivity index (χ1n) is 7.43. The molecular weight excluding hydrogens is 234 g/mol. The van der Waals surface area contributed by atoms with Crippen molar-refractivity contribution in [2.75, 3.05) is 6.61 Å². The molecule has 1 aromatic carbocycles. The molecule has 2 heteroatoms. The molecule has 0 aliphatic heterocycles. The average molecular weight is 261 g/mol. The first kappa shape index (κ1) is 14.5. The van der Waals surface area contributed by atoms with Gasteiger partial charge in [0.25, 0.3) is 0 Å². The molecule has 1 aromatic rings. The van der Waals surface area contributed by atoms with E-state index in [4.69, 9.17) is 0 Å². The van der Waals surface area contributed by atoms with Gasteiger partial charge in [0.15, 0.2) is 0 Å². The Labute approximate surface area is 117 Å². The zero-order valence-electron chi connectivity index (χ0n) is 12.7. The summed E-state index contributed by atoms with van der Waals surface area (Å²) >= 11 is 0. The van der Waals surface area contributed by atoms with E-state index >= 15 is 0 Å². The molecule has 1 aliphatic carbocycles. The third kappa shape index (κ3) is 3.01. The van der Waals surface area contributed by atoms with Gasteiger partial charge < -0.3 is 10.4 Å². The van der Waals surface area contributed by atoms with E-state index in [1.54, 1.807) is 0 Å². The van der Waals surface area contributed by atoms with Gasteiger partial charge in [0.05, 0.1) is 12.1 Å². The Morgan fingerprint density at radius 1 is 1.16 bits per heavy atom. The third-order valence-corrected chi connectivity index (χ3v) is 4.42. The molecule has 0 bridgehead atoms. The van der Waals surface area contributed by atoms with Gasteiger partial charge in [-0.25, -0.2) is 0 Å². The van der Waals surface area contributed by atoms with E-state index in [-0.39, 0.29) is 12.1 Å². The molecule has 0 amide bonds. The summed E-state index contributed by atoms with van der Waals surface area (Å²) in [5, 5.41) is 13.7. The SMILES string of the molecule is Cc1cc(C)c(C(C)(CO)NC2CCCC2)c(C)c1. The van der Waals surface area contributed by atoms with Crippen LogP contribution in [-0.2, 0) is 5.54 Å². The maximum Gasteiger partial charge on any atom is 0.0652 e. The van der Waals surface area contributed by atoms with Crippen LogP contribution in [0.5, 0.6) is 0 Å². The molecule has 0 heterocycles. The lowest BCUT2D eigenvalue weighted by Gasteiger charge is -2.35. The predicted octanol–water partition coefficient (Wildman–Crippen LogP) is 3.35. The number of hydrogen-bond donors (Lipinski definition) is 2. The summed E-state index contributed by atoms with van der Waals surface area (Å²) in [5.74, 6) is 0. The summed E-state index contributed by atoms with van der Waals surface area (Å²) in [5.41, 5.74) is 4.79. The fourth-order valence-electron chi connectivity index (χ4n) is 3.77. The van der Waals surface area contributed by atoms with Crippen LogP contribution in [0.4, 0.5) is 0 Å². The number of nitrogens with one attached hydrogen (secondary N) is 1. The topological polar surface area (TPSA) is 32.3 Å². The molecule has 0 spiro atoms. The summed E-state index contributed by atoms with van der Waals surface area (Å²) in [7, 11) is 0. The van der Waals surface area contributed by atoms with Crippen molar-refractivity contribution in [3.63, 3.8) is 0 Å².